The lowest BCUT2D eigenvalue weighted by molar-refractivity contribution is -0.122. The van der Waals surface area contributed by atoms with Gasteiger partial charge in [0.25, 0.3) is 11.8 Å². The zero-order chi connectivity index (χ0) is 17.0. The third-order valence-corrected chi connectivity index (χ3v) is 3.02. The minimum Gasteiger partial charge on any atom is -0.481 e. The molecule has 0 fully saturated rings. The van der Waals surface area contributed by atoms with Gasteiger partial charge in [0.2, 0.25) is 0 Å². The number of primary amides is 1. The van der Waals surface area contributed by atoms with Crippen molar-refractivity contribution in [3.8, 4) is 5.75 Å². The highest BCUT2D eigenvalue weighted by Gasteiger charge is 2.17. The molecule has 8 heteroatoms. The molecule has 23 heavy (non-hydrogen) atoms. The molecule has 120 valence electrons. The summed E-state index contributed by atoms with van der Waals surface area (Å²) in [6.07, 6.45) is -0.828. The number of nitrogens with two attached hydrogens (primary N) is 1. The standard InChI is InChI=1S/C15H16N4O4/c1-8(20)10-4-3-5-11(6-10)23-9(2)15(22)17-13-7-12(14(16)21)18-19-13/h3-7,9H,1-2H3,(H2,16,21)(H2,17,18,19,22)/t9-/m1/s1. The van der Waals surface area contributed by atoms with Gasteiger partial charge in [-0.05, 0) is 26.0 Å². The Kier molecular flexibility index (Phi) is 4.75. The monoisotopic (exact) mass is 316 g/mol. The highest BCUT2D eigenvalue weighted by Crippen LogP contribution is 2.16. The summed E-state index contributed by atoms with van der Waals surface area (Å²) in [5, 5.41) is 8.64. The molecule has 0 saturated heterocycles. The number of nitrogens with one attached hydrogen (secondary N) is 2. The Hall–Kier alpha value is -3.16. The average Bonchev–Trinajstić information content (AvgIpc) is 2.96. The zero-order valence-electron chi connectivity index (χ0n) is 12.6. The number of benzene rings is 1. The van der Waals surface area contributed by atoms with Gasteiger partial charge in [0.1, 0.15) is 11.4 Å². The van der Waals surface area contributed by atoms with Crippen molar-refractivity contribution in [2.75, 3.05) is 5.32 Å². The van der Waals surface area contributed by atoms with Crippen LogP contribution in [0.1, 0.15) is 34.7 Å². The summed E-state index contributed by atoms with van der Waals surface area (Å²) in [5.74, 6) is -0.663. The summed E-state index contributed by atoms with van der Waals surface area (Å²) < 4.78 is 5.50. The molecule has 1 heterocycles. The van der Waals surface area contributed by atoms with Gasteiger partial charge in [-0.3, -0.25) is 19.5 Å². The van der Waals surface area contributed by atoms with Gasteiger partial charge in [-0.1, -0.05) is 12.1 Å². The molecule has 0 aliphatic heterocycles. The molecule has 1 atom stereocenters. The fourth-order valence-corrected chi connectivity index (χ4v) is 1.79. The Bertz CT molecular complexity index is 753. The van der Waals surface area contributed by atoms with E-state index in [9.17, 15) is 14.4 Å². The first-order valence-corrected chi connectivity index (χ1v) is 6.80. The molecular formula is C15H16N4O4. The molecular weight excluding hydrogens is 300 g/mol. The second-order valence-electron chi connectivity index (χ2n) is 4.86. The van der Waals surface area contributed by atoms with Crippen molar-refractivity contribution < 1.29 is 19.1 Å². The van der Waals surface area contributed by atoms with Gasteiger partial charge in [-0.25, -0.2) is 0 Å². The number of anilines is 1. The van der Waals surface area contributed by atoms with Crippen LogP contribution in [-0.4, -0.2) is 33.9 Å². The van der Waals surface area contributed by atoms with Crippen LogP contribution in [0, 0.1) is 0 Å². The predicted molar refractivity (Wildman–Crippen MR) is 82.3 cm³/mol. The lowest BCUT2D eigenvalue weighted by Gasteiger charge is -2.14. The lowest BCUT2D eigenvalue weighted by Crippen LogP contribution is -2.30. The largest absolute Gasteiger partial charge is 0.481 e. The average molecular weight is 316 g/mol. The van der Waals surface area contributed by atoms with Crippen LogP contribution < -0.4 is 15.8 Å². The Morgan fingerprint density at radius 2 is 2.04 bits per heavy atom. The van der Waals surface area contributed by atoms with Crippen LogP contribution in [0.2, 0.25) is 0 Å². The molecule has 4 N–H and O–H groups in total. The highest BCUT2D eigenvalue weighted by molar-refractivity contribution is 5.96. The van der Waals surface area contributed by atoms with E-state index in [2.05, 4.69) is 15.5 Å². The molecule has 2 rings (SSSR count). The Labute approximate surface area is 132 Å². The number of hydrogen-bond acceptors (Lipinski definition) is 5. The van der Waals surface area contributed by atoms with Crippen LogP contribution in [-0.2, 0) is 4.79 Å². The van der Waals surface area contributed by atoms with E-state index in [1.165, 1.54) is 13.0 Å². The SMILES string of the molecule is CC(=O)c1cccc(O[C@H](C)C(=O)Nc2cc(C(N)=O)[nH]n2)c1. The fourth-order valence-electron chi connectivity index (χ4n) is 1.79. The van der Waals surface area contributed by atoms with Gasteiger partial charge >= 0.3 is 0 Å². The van der Waals surface area contributed by atoms with Crippen LogP contribution in [0.25, 0.3) is 0 Å². The Morgan fingerprint density at radius 3 is 2.65 bits per heavy atom. The summed E-state index contributed by atoms with van der Waals surface area (Å²) in [4.78, 5) is 34.3. The molecule has 2 amide bonds. The molecule has 0 unspecified atom stereocenters. The van der Waals surface area contributed by atoms with E-state index in [4.69, 9.17) is 10.5 Å². The number of Topliss-reactive ketones (excluding diaryl/α,β-unsaturated/α-hetero) is 1. The number of aromatic nitrogens is 2. The summed E-state index contributed by atoms with van der Waals surface area (Å²) in [7, 11) is 0. The zero-order valence-corrected chi connectivity index (χ0v) is 12.6. The van der Waals surface area contributed by atoms with Crippen molar-refractivity contribution in [1.29, 1.82) is 0 Å². The summed E-state index contributed by atoms with van der Waals surface area (Å²) >= 11 is 0. The second-order valence-corrected chi connectivity index (χ2v) is 4.86. The number of aromatic amines is 1. The molecule has 1 aromatic heterocycles. The number of amides is 2. The minimum atomic E-state index is -0.828. The quantitative estimate of drug-likeness (QED) is 0.688. The Balaban J connectivity index is 2.00. The number of carbonyl (C=O) groups excluding carboxylic acids is 3. The molecule has 0 radical (unpaired) electrons. The van der Waals surface area contributed by atoms with Gasteiger partial charge in [0, 0.05) is 11.6 Å². The third-order valence-electron chi connectivity index (χ3n) is 3.02. The maximum atomic E-state index is 12.0. The van der Waals surface area contributed by atoms with Crippen molar-refractivity contribution in [2.45, 2.75) is 20.0 Å². The van der Waals surface area contributed by atoms with Crippen molar-refractivity contribution >= 4 is 23.4 Å². The maximum absolute atomic E-state index is 12.0. The van der Waals surface area contributed by atoms with E-state index < -0.39 is 17.9 Å². The van der Waals surface area contributed by atoms with Gasteiger partial charge < -0.3 is 15.8 Å². The number of H-pyrrole nitrogens is 1. The summed E-state index contributed by atoms with van der Waals surface area (Å²) in [6, 6.07) is 7.86. The third kappa shape index (κ3) is 4.16. The number of hydrogen-bond donors (Lipinski definition) is 3. The molecule has 0 spiro atoms. The molecule has 0 saturated carbocycles. The lowest BCUT2D eigenvalue weighted by atomic mass is 10.1. The number of nitrogens with zero attached hydrogens (tertiary/aromatic N) is 1. The molecule has 1 aromatic carbocycles. The summed E-state index contributed by atoms with van der Waals surface area (Å²) in [5.41, 5.74) is 5.66. The normalized spacial score (nSPS) is 11.6. The van der Waals surface area contributed by atoms with E-state index in [-0.39, 0.29) is 17.3 Å². The van der Waals surface area contributed by atoms with Crippen LogP contribution in [0.4, 0.5) is 5.82 Å². The second kappa shape index (κ2) is 6.73. The van der Waals surface area contributed by atoms with E-state index in [1.807, 2.05) is 0 Å². The maximum Gasteiger partial charge on any atom is 0.266 e. The molecule has 2 aromatic rings. The first-order chi connectivity index (χ1) is 10.9. The number of rotatable bonds is 6. The first-order valence-electron chi connectivity index (χ1n) is 6.80. The minimum absolute atomic E-state index is 0.0861. The van der Waals surface area contributed by atoms with Crippen LogP contribution in [0.15, 0.2) is 30.3 Å². The van der Waals surface area contributed by atoms with Gasteiger partial charge in [-0.2, -0.15) is 5.10 Å². The van der Waals surface area contributed by atoms with Crippen molar-refractivity contribution in [1.82, 2.24) is 10.2 Å². The smallest absolute Gasteiger partial charge is 0.266 e. The number of ether oxygens (including phenoxy) is 1. The van der Waals surface area contributed by atoms with Crippen LogP contribution >= 0.6 is 0 Å². The predicted octanol–water partition coefficient (Wildman–Crippen LogP) is 1.12. The van der Waals surface area contributed by atoms with E-state index >= 15 is 0 Å². The molecule has 0 aliphatic rings. The molecule has 8 nitrogen and oxygen atoms in total. The van der Waals surface area contributed by atoms with Crippen LogP contribution in [0.3, 0.4) is 0 Å². The van der Waals surface area contributed by atoms with E-state index in [0.717, 1.165) is 0 Å². The fraction of sp³-hybridized carbons (Fsp3) is 0.200. The number of ketones is 1. The van der Waals surface area contributed by atoms with Gasteiger partial charge in [0.05, 0.1) is 0 Å². The summed E-state index contributed by atoms with van der Waals surface area (Å²) in [6.45, 7) is 3.00. The first kappa shape index (κ1) is 16.2. The van der Waals surface area contributed by atoms with Gasteiger partial charge in [0.15, 0.2) is 17.7 Å². The van der Waals surface area contributed by atoms with Crippen molar-refractivity contribution in [3.63, 3.8) is 0 Å². The van der Waals surface area contributed by atoms with E-state index in [1.54, 1.807) is 31.2 Å². The van der Waals surface area contributed by atoms with Crippen molar-refractivity contribution in [2.24, 2.45) is 5.73 Å². The van der Waals surface area contributed by atoms with Crippen LogP contribution in [0.5, 0.6) is 5.75 Å². The van der Waals surface area contributed by atoms with Crippen molar-refractivity contribution in [3.05, 3.63) is 41.6 Å². The van der Waals surface area contributed by atoms with E-state index in [0.29, 0.717) is 11.3 Å². The topological polar surface area (TPSA) is 127 Å². The molecule has 0 bridgehead atoms. The molecule has 0 aliphatic carbocycles. The highest BCUT2D eigenvalue weighted by atomic mass is 16.5. The Morgan fingerprint density at radius 1 is 1.30 bits per heavy atom. The number of carbonyl (C=O) groups is 3. The van der Waals surface area contributed by atoms with Gasteiger partial charge in [-0.15, -0.1) is 0 Å².